The van der Waals surface area contributed by atoms with E-state index in [4.69, 9.17) is 20.4 Å². The molecule has 0 fully saturated rings. The predicted octanol–water partition coefficient (Wildman–Crippen LogP) is -0.369. The Morgan fingerprint density at radius 3 is 1.29 bits per heavy atom. The van der Waals surface area contributed by atoms with E-state index in [0.717, 1.165) is 0 Å². The Labute approximate surface area is 99.3 Å². The fourth-order valence-electron chi connectivity index (χ4n) is 0.714. The van der Waals surface area contributed by atoms with Gasteiger partial charge in [0.1, 0.15) is 0 Å². The fraction of sp³-hybridized carbons (Fsp3) is 0.500. The maximum atomic E-state index is 10.3. The van der Waals surface area contributed by atoms with Gasteiger partial charge in [0.15, 0.2) is 5.60 Å². The summed E-state index contributed by atoms with van der Waals surface area (Å²) in [4.78, 5) is 30.5. The molecule has 0 saturated heterocycles. The Hall–Kier alpha value is -1.20. The zero-order chi connectivity index (χ0) is 14.2. The number of carbonyl (C=O) groups is 3. The van der Waals surface area contributed by atoms with Crippen LogP contribution in [0.2, 0.25) is 0 Å². The van der Waals surface area contributed by atoms with Crippen LogP contribution in [0.5, 0.6) is 0 Å². The summed E-state index contributed by atoms with van der Waals surface area (Å²) in [5.74, 6) is -5.02. The van der Waals surface area contributed by atoms with Crippen LogP contribution >= 0.6 is 0 Å². The molecule has 0 heterocycles. The molecule has 0 bridgehead atoms. The van der Waals surface area contributed by atoms with Crippen LogP contribution in [0, 0.1) is 0 Å². The number of carboxylic acid groups (broad SMARTS) is 3. The van der Waals surface area contributed by atoms with Gasteiger partial charge < -0.3 is 20.4 Å². The normalized spacial score (nSPS) is 9.88. The van der Waals surface area contributed by atoms with E-state index in [1.54, 1.807) is 0 Å². The Kier molecular flexibility index (Phi) is 8.52. The van der Waals surface area contributed by atoms with Crippen LogP contribution < -0.4 is 0 Å². The van der Waals surface area contributed by atoms with Gasteiger partial charge >= 0.3 is 45.5 Å². The van der Waals surface area contributed by atoms with Crippen LogP contribution in [0.25, 0.3) is 0 Å². The average Bonchev–Trinajstić information content (AvgIpc) is 1.98. The zero-order valence-corrected chi connectivity index (χ0v) is 10.6. The number of aliphatic carboxylic acids is 3. The van der Waals surface area contributed by atoms with Crippen molar-refractivity contribution in [3.05, 3.63) is 0 Å². The van der Waals surface area contributed by atoms with Gasteiger partial charge in [0, 0.05) is 0 Å². The average molecular weight is 319 g/mol. The van der Waals surface area contributed by atoms with Crippen molar-refractivity contribution >= 4 is 35.6 Å². The molecule has 0 aromatic rings. The second-order valence-corrected chi connectivity index (χ2v) is 3.76. The third-order valence-electron chi connectivity index (χ3n) is 1.29. The van der Waals surface area contributed by atoms with Gasteiger partial charge in [-0.05, 0) is 0 Å². The van der Waals surface area contributed by atoms with E-state index in [0.29, 0.717) is 0 Å². The molecule has 98 valence electrons. The molecule has 0 radical (unpaired) electrons. The minimum atomic E-state index is -4.98. The quantitative estimate of drug-likeness (QED) is 0.508. The molecule has 4 N–H and O–H groups in total. The Morgan fingerprint density at radius 2 is 1.18 bits per heavy atom. The summed E-state index contributed by atoms with van der Waals surface area (Å²) >= 11 is -4.98. The van der Waals surface area contributed by atoms with Gasteiger partial charge in [0.25, 0.3) is 0 Å². The first-order valence-corrected chi connectivity index (χ1v) is 6.57. The summed E-state index contributed by atoms with van der Waals surface area (Å²) in [6.07, 6.45) is -2.29. The summed E-state index contributed by atoms with van der Waals surface area (Å²) in [6.45, 7) is 0. The molecule has 0 rings (SSSR count). The van der Waals surface area contributed by atoms with E-state index in [-0.39, 0.29) is 0 Å². The van der Waals surface area contributed by atoms with Gasteiger partial charge in [-0.15, -0.1) is 0 Å². The van der Waals surface area contributed by atoms with Crippen molar-refractivity contribution in [3.8, 4) is 0 Å². The van der Waals surface area contributed by atoms with Gasteiger partial charge in [-0.25, -0.2) is 4.79 Å². The molecule has 0 unspecified atom stereocenters. The summed E-state index contributed by atoms with van der Waals surface area (Å²) in [6, 6.07) is 0. The van der Waals surface area contributed by atoms with E-state index in [1.807, 2.05) is 0 Å². The van der Waals surface area contributed by atoms with Crippen LogP contribution in [0.4, 0.5) is 9.86 Å². The van der Waals surface area contributed by atoms with E-state index in [9.17, 15) is 24.2 Å². The summed E-state index contributed by atoms with van der Waals surface area (Å²) < 4.78 is 29.6. The number of hydrogen-bond acceptors (Lipinski definition) is 4. The van der Waals surface area contributed by atoms with Crippen molar-refractivity contribution < 1.29 is 44.7 Å². The van der Waals surface area contributed by atoms with Crippen molar-refractivity contribution in [2.75, 3.05) is 0 Å². The zero-order valence-electron chi connectivity index (χ0n) is 8.14. The molecule has 0 aliphatic carbocycles. The topological polar surface area (TPSA) is 132 Å². The van der Waals surface area contributed by atoms with Crippen LogP contribution in [0.1, 0.15) is 12.8 Å². The standard InChI is InChI=1S/C6H8O7.3FH.Ga/c7-3(8)1-6(13,5(11)12)2-4(9)10;;;;/h13H,1-2H2,(H,7,8)(H,9,10)(H,11,12);3*1H;/q;;;;+3/p-3. The van der Waals surface area contributed by atoms with Crippen molar-refractivity contribution in [3.63, 3.8) is 0 Å². The molecule has 7 nitrogen and oxygen atoms in total. The SMILES string of the molecule is O=C(O)CC(O)(CC(=O)O)C(=O)O.[F][Ga]([F])[F]. The number of aliphatic hydroxyl groups is 1. The van der Waals surface area contributed by atoms with E-state index >= 15 is 0 Å². The first-order valence-electron chi connectivity index (χ1n) is 3.83. The number of carboxylic acids is 3. The second kappa shape index (κ2) is 7.97. The Balaban J connectivity index is 0. The second-order valence-electron chi connectivity index (χ2n) is 2.73. The fourth-order valence-corrected chi connectivity index (χ4v) is 0.714. The molecule has 0 atom stereocenters. The third kappa shape index (κ3) is 11.1. The summed E-state index contributed by atoms with van der Waals surface area (Å²) in [5.41, 5.74) is -2.74. The molecule has 0 aromatic carbocycles. The molecule has 0 spiro atoms. The maximum absolute atomic E-state index is 10.3. The molecule has 11 heteroatoms. The molecule has 0 aliphatic heterocycles. The van der Waals surface area contributed by atoms with Crippen molar-refractivity contribution in [2.45, 2.75) is 18.4 Å². The van der Waals surface area contributed by atoms with Gasteiger partial charge in [-0.3, -0.25) is 9.59 Å². The van der Waals surface area contributed by atoms with Crippen LogP contribution in [-0.4, -0.2) is 61.7 Å². The first-order chi connectivity index (χ1) is 7.51. The first kappa shape index (κ1) is 18.2. The molecular formula is C6H8F3GaO7. The molecule has 17 heavy (non-hydrogen) atoms. The molecule has 0 saturated carbocycles. The van der Waals surface area contributed by atoms with Crippen molar-refractivity contribution in [1.82, 2.24) is 0 Å². The van der Waals surface area contributed by atoms with E-state index in [2.05, 4.69) is 0 Å². The van der Waals surface area contributed by atoms with Crippen molar-refractivity contribution in [1.29, 1.82) is 0 Å². The van der Waals surface area contributed by atoms with Crippen LogP contribution in [0.15, 0.2) is 0 Å². The molecule has 0 aromatic heterocycles. The Morgan fingerprint density at radius 1 is 0.941 bits per heavy atom. The minimum absolute atomic E-state index is 1.14. The van der Waals surface area contributed by atoms with Crippen molar-refractivity contribution in [2.24, 2.45) is 0 Å². The molecule has 0 amide bonds. The summed E-state index contributed by atoms with van der Waals surface area (Å²) in [5, 5.41) is 33.8. The molecular weight excluding hydrogens is 311 g/mol. The molecule has 0 aliphatic rings. The monoisotopic (exact) mass is 318 g/mol. The van der Waals surface area contributed by atoms with Crippen LogP contribution in [-0.2, 0) is 14.4 Å². The van der Waals surface area contributed by atoms with Gasteiger partial charge in [0.05, 0.1) is 12.8 Å². The van der Waals surface area contributed by atoms with E-state index < -0.39 is 54.1 Å². The van der Waals surface area contributed by atoms with Crippen LogP contribution in [0.3, 0.4) is 0 Å². The summed E-state index contributed by atoms with van der Waals surface area (Å²) in [7, 11) is 0. The number of rotatable bonds is 5. The predicted molar refractivity (Wildman–Crippen MR) is 46.2 cm³/mol. The van der Waals surface area contributed by atoms with Gasteiger partial charge in [-0.2, -0.15) is 0 Å². The third-order valence-corrected chi connectivity index (χ3v) is 1.29. The number of halogens is 3. The number of hydrogen-bond donors (Lipinski definition) is 4. The van der Waals surface area contributed by atoms with Gasteiger partial charge in [0.2, 0.25) is 0 Å². The van der Waals surface area contributed by atoms with Gasteiger partial charge in [-0.1, -0.05) is 0 Å². The Bertz CT molecular complexity index is 277. The van der Waals surface area contributed by atoms with E-state index in [1.165, 1.54) is 0 Å².